The van der Waals surface area contributed by atoms with E-state index in [0.717, 1.165) is 31.5 Å². The molecule has 0 bridgehead atoms. The molecule has 1 atom stereocenters. The van der Waals surface area contributed by atoms with Crippen molar-refractivity contribution in [2.75, 3.05) is 18.8 Å². The van der Waals surface area contributed by atoms with Crippen molar-refractivity contribution in [2.45, 2.75) is 31.5 Å². The van der Waals surface area contributed by atoms with E-state index in [1.807, 2.05) is 6.07 Å². The van der Waals surface area contributed by atoms with E-state index in [2.05, 4.69) is 16.4 Å². The van der Waals surface area contributed by atoms with Gasteiger partial charge in [0, 0.05) is 6.54 Å². The maximum atomic E-state index is 13.5. The summed E-state index contributed by atoms with van der Waals surface area (Å²) in [6.45, 7) is 1.82. The number of hydrogen-bond donors (Lipinski definition) is 4. The zero-order valence-electron chi connectivity index (χ0n) is 19.9. The van der Waals surface area contributed by atoms with Gasteiger partial charge in [0.2, 0.25) is 0 Å². The third-order valence-corrected chi connectivity index (χ3v) is 5.71. The molecule has 8 nitrogen and oxygen atoms in total. The first-order valence-corrected chi connectivity index (χ1v) is 11.4. The normalized spacial score (nSPS) is 15.1. The zero-order chi connectivity index (χ0) is 27.9. The van der Waals surface area contributed by atoms with Crippen LogP contribution in [0.25, 0.3) is 11.3 Å². The van der Waals surface area contributed by atoms with Gasteiger partial charge in [0.15, 0.2) is 0 Å². The fourth-order valence-electron chi connectivity index (χ4n) is 3.96. The van der Waals surface area contributed by atoms with Crippen LogP contribution in [-0.4, -0.2) is 40.4 Å². The number of phenolic OH excluding ortho intramolecular Hbond substituents is 1. The van der Waals surface area contributed by atoms with Gasteiger partial charge in [-0.15, -0.1) is 0 Å². The molecule has 200 valence electrons. The summed E-state index contributed by atoms with van der Waals surface area (Å²) in [5.74, 6) is -2.46. The molecule has 0 radical (unpaired) electrons. The summed E-state index contributed by atoms with van der Waals surface area (Å²) in [5, 5.41) is 30.7. The number of nitriles is 1. The molecule has 2 aromatic carbocycles. The van der Waals surface area contributed by atoms with Crippen molar-refractivity contribution in [2.24, 2.45) is 0 Å². The number of piperidine rings is 1. The molecule has 1 aliphatic heterocycles. The second-order valence-corrected chi connectivity index (χ2v) is 8.38. The lowest BCUT2D eigenvalue weighted by Gasteiger charge is -2.25. The summed E-state index contributed by atoms with van der Waals surface area (Å²) in [5.41, 5.74) is 8.81. The van der Waals surface area contributed by atoms with E-state index in [1.54, 1.807) is 30.3 Å². The fourth-order valence-corrected chi connectivity index (χ4v) is 3.96. The van der Waals surface area contributed by atoms with E-state index >= 15 is 0 Å². The third kappa shape index (κ3) is 7.10. The standard InChI is InChI=1S/C24H23FN4O2.C2HF3O2/c25-17-6-1-4-15(10-17)14-31-22-8-2-7-21(30)23(22)20-11-18(16-5-3-9-28-13-16)19(12-26)24(27)29-20;3-2(4,5)1(6)7/h1-2,4,6-8,10-11,16,28,30H,3,5,9,13-14H2,(H2,27,29);(H,6,7). The number of aliphatic carboxylic acids is 1. The van der Waals surface area contributed by atoms with Gasteiger partial charge in [-0.25, -0.2) is 14.2 Å². The van der Waals surface area contributed by atoms with Gasteiger partial charge in [0.1, 0.15) is 35.8 Å². The number of nitrogens with zero attached hydrogens (tertiary/aromatic N) is 2. The van der Waals surface area contributed by atoms with Gasteiger partial charge in [0.25, 0.3) is 0 Å². The molecule has 3 aromatic rings. The first kappa shape index (κ1) is 28.2. The highest BCUT2D eigenvalue weighted by molar-refractivity contribution is 5.76. The number of carbonyl (C=O) groups is 1. The van der Waals surface area contributed by atoms with Crippen molar-refractivity contribution in [1.82, 2.24) is 10.3 Å². The summed E-state index contributed by atoms with van der Waals surface area (Å²) < 4.78 is 51.1. The fraction of sp³-hybridized carbons (Fsp3) is 0.269. The van der Waals surface area contributed by atoms with Crippen LogP contribution < -0.4 is 15.8 Å². The largest absolute Gasteiger partial charge is 0.507 e. The number of alkyl halides is 3. The van der Waals surface area contributed by atoms with E-state index in [0.29, 0.717) is 28.1 Å². The predicted molar refractivity (Wildman–Crippen MR) is 130 cm³/mol. The monoisotopic (exact) mass is 532 g/mol. The topological polar surface area (TPSA) is 141 Å². The summed E-state index contributed by atoms with van der Waals surface area (Å²) in [4.78, 5) is 13.3. The third-order valence-electron chi connectivity index (χ3n) is 5.71. The van der Waals surface area contributed by atoms with Crippen molar-refractivity contribution in [3.8, 4) is 28.8 Å². The van der Waals surface area contributed by atoms with Gasteiger partial charge in [-0.3, -0.25) is 0 Å². The molecule has 4 rings (SSSR count). The Morgan fingerprint density at radius 2 is 1.95 bits per heavy atom. The Kier molecular flexibility index (Phi) is 9.09. The summed E-state index contributed by atoms with van der Waals surface area (Å²) >= 11 is 0. The van der Waals surface area contributed by atoms with Crippen molar-refractivity contribution >= 4 is 11.8 Å². The average Bonchev–Trinajstić information content (AvgIpc) is 2.87. The van der Waals surface area contributed by atoms with Gasteiger partial charge in [0.05, 0.1) is 16.8 Å². The highest BCUT2D eigenvalue weighted by Crippen LogP contribution is 2.40. The van der Waals surface area contributed by atoms with Gasteiger partial charge in [-0.05, 0) is 66.8 Å². The van der Waals surface area contributed by atoms with Crippen LogP contribution in [0.4, 0.5) is 23.4 Å². The Hall–Kier alpha value is -4.37. The number of ether oxygens (including phenoxy) is 1. The number of aromatic hydroxyl groups is 1. The number of carboxylic acids is 1. The maximum absolute atomic E-state index is 13.5. The van der Waals surface area contributed by atoms with E-state index in [4.69, 9.17) is 20.4 Å². The number of carboxylic acid groups (broad SMARTS) is 1. The van der Waals surface area contributed by atoms with Crippen LogP contribution in [0.2, 0.25) is 0 Å². The number of halogens is 4. The van der Waals surface area contributed by atoms with Gasteiger partial charge < -0.3 is 26.0 Å². The molecule has 1 aromatic heterocycles. The maximum Gasteiger partial charge on any atom is 0.490 e. The summed E-state index contributed by atoms with van der Waals surface area (Å²) in [6, 6.07) is 15.1. The van der Waals surface area contributed by atoms with Crippen LogP contribution in [0.5, 0.6) is 11.5 Å². The van der Waals surface area contributed by atoms with Crippen molar-refractivity contribution in [1.29, 1.82) is 5.26 Å². The first-order valence-electron chi connectivity index (χ1n) is 11.4. The highest BCUT2D eigenvalue weighted by Gasteiger charge is 2.38. The Morgan fingerprint density at radius 1 is 1.24 bits per heavy atom. The van der Waals surface area contributed by atoms with Crippen LogP contribution >= 0.6 is 0 Å². The lowest BCUT2D eigenvalue weighted by molar-refractivity contribution is -0.192. The summed E-state index contributed by atoms with van der Waals surface area (Å²) in [6.07, 6.45) is -3.14. The number of hydrogen-bond acceptors (Lipinski definition) is 7. The number of rotatable bonds is 5. The number of pyridine rings is 1. The van der Waals surface area contributed by atoms with Crippen LogP contribution in [0.3, 0.4) is 0 Å². The molecule has 1 saturated heterocycles. The highest BCUT2D eigenvalue weighted by atomic mass is 19.4. The number of benzene rings is 2. The molecule has 0 amide bonds. The quantitative estimate of drug-likeness (QED) is 0.346. The van der Waals surface area contributed by atoms with Crippen molar-refractivity contribution in [3.05, 3.63) is 71.0 Å². The lowest BCUT2D eigenvalue weighted by Crippen LogP contribution is -2.29. The number of aromatic nitrogens is 1. The minimum atomic E-state index is -5.08. The van der Waals surface area contributed by atoms with Gasteiger partial charge >= 0.3 is 12.1 Å². The summed E-state index contributed by atoms with van der Waals surface area (Å²) in [7, 11) is 0. The molecular weight excluding hydrogens is 508 g/mol. The van der Waals surface area contributed by atoms with E-state index in [-0.39, 0.29) is 29.9 Å². The minimum Gasteiger partial charge on any atom is -0.507 e. The minimum absolute atomic E-state index is 0.0129. The second kappa shape index (κ2) is 12.2. The molecule has 2 heterocycles. The van der Waals surface area contributed by atoms with Crippen molar-refractivity contribution < 1.29 is 37.3 Å². The second-order valence-electron chi connectivity index (χ2n) is 8.38. The Morgan fingerprint density at radius 3 is 2.55 bits per heavy atom. The molecule has 38 heavy (non-hydrogen) atoms. The zero-order valence-corrected chi connectivity index (χ0v) is 19.9. The van der Waals surface area contributed by atoms with Gasteiger partial charge in [-0.1, -0.05) is 18.2 Å². The van der Waals surface area contributed by atoms with Gasteiger partial charge in [-0.2, -0.15) is 18.4 Å². The lowest BCUT2D eigenvalue weighted by atomic mass is 9.88. The molecule has 1 aliphatic rings. The first-order chi connectivity index (χ1) is 18.0. The number of nitrogens with one attached hydrogen (secondary N) is 1. The van der Waals surface area contributed by atoms with E-state index in [1.165, 1.54) is 12.1 Å². The van der Waals surface area contributed by atoms with Crippen LogP contribution in [-0.2, 0) is 11.4 Å². The number of nitrogen functional groups attached to an aromatic ring is 1. The predicted octanol–water partition coefficient (Wildman–Crippen LogP) is 4.73. The Bertz CT molecular complexity index is 1340. The molecule has 0 aliphatic carbocycles. The van der Waals surface area contributed by atoms with E-state index < -0.39 is 12.1 Å². The molecule has 5 N–H and O–H groups in total. The number of phenols is 1. The Labute approximate surface area is 215 Å². The van der Waals surface area contributed by atoms with E-state index in [9.17, 15) is 27.9 Å². The number of nitrogens with two attached hydrogens (primary N) is 1. The van der Waals surface area contributed by atoms with Crippen LogP contribution in [0, 0.1) is 17.1 Å². The van der Waals surface area contributed by atoms with Crippen molar-refractivity contribution in [3.63, 3.8) is 0 Å². The molecule has 1 fully saturated rings. The molecule has 12 heteroatoms. The molecule has 0 spiro atoms. The SMILES string of the molecule is N#Cc1c(C2CCCNC2)cc(-c2c(O)cccc2OCc2cccc(F)c2)nc1N.O=C(O)C(F)(F)F. The average molecular weight is 532 g/mol. The number of anilines is 1. The van der Waals surface area contributed by atoms with Crippen LogP contribution in [0.1, 0.15) is 35.4 Å². The van der Waals surface area contributed by atoms with Crippen LogP contribution in [0.15, 0.2) is 48.5 Å². The smallest absolute Gasteiger partial charge is 0.490 e. The molecule has 1 unspecified atom stereocenters. The Balaban J connectivity index is 0.000000505. The molecule has 0 saturated carbocycles. The molecular formula is C26H24F4N4O4.